The Morgan fingerprint density at radius 2 is 1.75 bits per heavy atom. The Morgan fingerprint density at radius 1 is 1.04 bits per heavy atom. The molecule has 2 aliphatic heterocycles. The number of hydrogen-bond donors (Lipinski definition) is 0. The quantitative estimate of drug-likeness (QED) is 0.768. The van der Waals surface area contributed by atoms with Gasteiger partial charge in [0.05, 0.1) is 24.1 Å². The molecule has 2 aliphatic rings. The summed E-state index contributed by atoms with van der Waals surface area (Å²) in [6.45, 7) is 4.69. The lowest BCUT2D eigenvalue weighted by molar-refractivity contribution is -0.123. The molecule has 28 heavy (non-hydrogen) atoms. The second kappa shape index (κ2) is 7.17. The van der Waals surface area contributed by atoms with Crippen molar-refractivity contribution in [1.29, 1.82) is 0 Å². The summed E-state index contributed by atoms with van der Waals surface area (Å²) in [5.74, 6) is -0.0293. The molecule has 0 spiro atoms. The summed E-state index contributed by atoms with van der Waals surface area (Å²) in [7, 11) is -3.22. The molecule has 0 saturated carbocycles. The van der Waals surface area contributed by atoms with Crippen LogP contribution in [-0.4, -0.2) is 49.4 Å². The fraction of sp³-hybridized carbons (Fsp3) is 0.381. The number of halogens is 1. The average Bonchev–Trinajstić information content (AvgIpc) is 2.95. The number of nitrogens with zero attached hydrogens (tertiary/aromatic N) is 2. The zero-order valence-electron chi connectivity index (χ0n) is 15.9. The van der Waals surface area contributed by atoms with Crippen LogP contribution in [0, 0.1) is 13.8 Å². The topological polar surface area (TPSA) is 57.7 Å². The molecule has 0 aliphatic carbocycles. The van der Waals surface area contributed by atoms with Crippen LogP contribution in [0.1, 0.15) is 16.7 Å². The van der Waals surface area contributed by atoms with Gasteiger partial charge >= 0.3 is 0 Å². The average molecular weight is 419 g/mol. The predicted molar refractivity (Wildman–Crippen MR) is 111 cm³/mol. The Labute approximate surface area is 170 Å². The number of carbonyl (C=O) groups is 1. The first-order valence-electron chi connectivity index (χ1n) is 9.32. The van der Waals surface area contributed by atoms with Gasteiger partial charge in [0.2, 0.25) is 5.91 Å². The van der Waals surface area contributed by atoms with E-state index >= 15 is 0 Å². The van der Waals surface area contributed by atoms with Gasteiger partial charge in [-0.1, -0.05) is 41.9 Å². The van der Waals surface area contributed by atoms with Gasteiger partial charge in [0.15, 0.2) is 9.84 Å². The Morgan fingerprint density at radius 3 is 2.46 bits per heavy atom. The number of anilines is 1. The monoisotopic (exact) mass is 418 g/mol. The summed E-state index contributed by atoms with van der Waals surface area (Å²) >= 11 is 6.27. The highest BCUT2D eigenvalue weighted by Crippen LogP contribution is 2.34. The molecule has 2 fully saturated rings. The highest BCUT2D eigenvalue weighted by molar-refractivity contribution is 7.91. The predicted octanol–water partition coefficient (Wildman–Crippen LogP) is 2.97. The maximum Gasteiger partial charge on any atom is 0.241 e. The molecule has 2 atom stereocenters. The minimum absolute atomic E-state index is 0.0147. The molecule has 0 radical (unpaired) electrons. The Bertz CT molecular complexity index is 1040. The standard InChI is InChI=1S/C21H23ClN2O3S/c1-14-5-3-4-6-16(14)10-23-11-21(25)24(17-8-7-15(2)18(22)9-17)20-13-28(26,27)12-19(20)23/h3-9,19-20H,10-13H2,1-2H3/t19-,20+/m0/s1. The van der Waals surface area contributed by atoms with Crippen LogP contribution < -0.4 is 4.90 Å². The summed E-state index contributed by atoms with van der Waals surface area (Å²) in [6, 6.07) is 12.9. The van der Waals surface area contributed by atoms with Gasteiger partial charge in [0.25, 0.3) is 0 Å². The van der Waals surface area contributed by atoms with Crippen LogP contribution >= 0.6 is 11.6 Å². The smallest absolute Gasteiger partial charge is 0.241 e. The highest BCUT2D eigenvalue weighted by atomic mass is 35.5. The molecule has 2 heterocycles. The number of piperazine rings is 1. The van der Waals surface area contributed by atoms with E-state index in [9.17, 15) is 13.2 Å². The van der Waals surface area contributed by atoms with Crippen LogP contribution in [0.25, 0.3) is 0 Å². The van der Waals surface area contributed by atoms with E-state index in [-0.39, 0.29) is 30.0 Å². The van der Waals surface area contributed by atoms with Gasteiger partial charge in [-0.3, -0.25) is 9.69 Å². The molecule has 0 aromatic heterocycles. The van der Waals surface area contributed by atoms with Crippen LogP contribution in [0.15, 0.2) is 42.5 Å². The summed E-state index contributed by atoms with van der Waals surface area (Å²) in [4.78, 5) is 16.7. The van der Waals surface area contributed by atoms with Gasteiger partial charge in [-0.2, -0.15) is 0 Å². The normalized spacial score (nSPS) is 24.4. The summed E-state index contributed by atoms with van der Waals surface area (Å²) in [6.07, 6.45) is 0. The number of benzene rings is 2. The van der Waals surface area contributed by atoms with Crippen molar-refractivity contribution in [2.24, 2.45) is 0 Å². The number of rotatable bonds is 3. The fourth-order valence-corrected chi connectivity index (χ4v) is 6.36. The Hall–Kier alpha value is -1.89. The lowest BCUT2D eigenvalue weighted by atomic mass is 10.0. The number of aryl methyl sites for hydroxylation is 2. The molecule has 7 heteroatoms. The fourth-order valence-electron chi connectivity index (χ4n) is 4.20. The zero-order chi connectivity index (χ0) is 20.1. The minimum Gasteiger partial charge on any atom is -0.306 e. The van der Waals surface area contributed by atoms with Crippen molar-refractivity contribution in [3.05, 3.63) is 64.2 Å². The molecule has 148 valence electrons. The van der Waals surface area contributed by atoms with Gasteiger partial charge in [-0.15, -0.1) is 0 Å². The van der Waals surface area contributed by atoms with Gasteiger partial charge in [0, 0.05) is 23.3 Å². The second-order valence-corrected chi connectivity index (χ2v) is 10.3. The van der Waals surface area contributed by atoms with Crippen molar-refractivity contribution in [3.8, 4) is 0 Å². The van der Waals surface area contributed by atoms with E-state index in [0.29, 0.717) is 17.3 Å². The largest absolute Gasteiger partial charge is 0.306 e. The van der Waals surface area contributed by atoms with Gasteiger partial charge in [-0.05, 0) is 42.7 Å². The Balaban J connectivity index is 1.69. The van der Waals surface area contributed by atoms with Crippen molar-refractivity contribution < 1.29 is 13.2 Å². The van der Waals surface area contributed by atoms with Gasteiger partial charge < -0.3 is 4.90 Å². The summed E-state index contributed by atoms with van der Waals surface area (Å²) in [5, 5.41) is 0.574. The van der Waals surface area contributed by atoms with Crippen LogP contribution in [0.5, 0.6) is 0 Å². The second-order valence-electron chi connectivity index (χ2n) is 7.74. The molecule has 2 saturated heterocycles. The molecule has 0 bridgehead atoms. The number of fused-ring (bicyclic) bond motifs is 1. The van der Waals surface area contributed by atoms with Crippen molar-refractivity contribution in [3.63, 3.8) is 0 Å². The highest BCUT2D eigenvalue weighted by Gasteiger charge is 2.49. The molecule has 0 N–H and O–H groups in total. The first kappa shape index (κ1) is 19.4. The van der Waals surface area contributed by atoms with E-state index < -0.39 is 15.9 Å². The van der Waals surface area contributed by atoms with Crippen LogP contribution in [0.4, 0.5) is 5.69 Å². The Kier molecular flexibility index (Phi) is 4.98. The molecule has 4 rings (SSSR count). The third-order valence-electron chi connectivity index (χ3n) is 5.77. The van der Waals surface area contributed by atoms with Crippen molar-refractivity contribution in [1.82, 2.24) is 4.90 Å². The maximum atomic E-state index is 13.1. The van der Waals surface area contributed by atoms with Crippen LogP contribution in [-0.2, 0) is 21.2 Å². The molecule has 1 amide bonds. The molecule has 0 unspecified atom stereocenters. The number of amides is 1. The SMILES string of the molecule is Cc1ccc(N2C(=O)CN(Cc3ccccc3C)[C@H]3CS(=O)(=O)C[C@H]32)cc1Cl. The van der Waals surface area contributed by atoms with Crippen LogP contribution in [0.3, 0.4) is 0 Å². The molecule has 2 aromatic rings. The minimum atomic E-state index is -3.22. The molecular weight excluding hydrogens is 396 g/mol. The third-order valence-corrected chi connectivity index (χ3v) is 7.88. The van der Waals surface area contributed by atoms with Gasteiger partial charge in [0.1, 0.15) is 0 Å². The van der Waals surface area contributed by atoms with Crippen molar-refractivity contribution in [2.75, 3.05) is 23.0 Å². The van der Waals surface area contributed by atoms with E-state index in [4.69, 9.17) is 11.6 Å². The van der Waals surface area contributed by atoms with Crippen LogP contribution in [0.2, 0.25) is 5.02 Å². The molecular formula is C21H23ClN2O3S. The van der Waals surface area contributed by atoms with Crippen molar-refractivity contribution in [2.45, 2.75) is 32.5 Å². The van der Waals surface area contributed by atoms with Gasteiger partial charge in [-0.25, -0.2) is 8.42 Å². The maximum absolute atomic E-state index is 13.1. The first-order valence-corrected chi connectivity index (χ1v) is 11.5. The number of sulfone groups is 1. The van der Waals surface area contributed by atoms with E-state index in [0.717, 1.165) is 16.7 Å². The zero-order valence-corrected chi connectivity index (χ0v) is 17.5. The lowest BCUT2D eigenvalue weighted by Crippen LogP contribution is -2.61. The van der Waals surface area contributed by atoms with E-state index in [1.165, 1.54) is 0 Å². The first-order chi connectivity index (χ1) is 13.2. The molecule has 2 aromatic carbocycles. The van der Waals surface area contributed by atoms with E-state index in [1.807, 2.05) is 55.1 Å². The number of carbonyl (C=O) groups excluding carboxylic acids is 1. The van der Waals surface area contributed by atoms with E-state index in [2.05, 4.69) is 0 Å². The molecule has 5 nitrogen and oxygen atoms in total. The summed E-state index contributed by atoms with van der Waals surface area (Å²) in [5.41, 5.74) is 3.85. The van der Waals surface area contributed by atoms with Crippen molar-refractivity contribution >= 4 is 33.0 Å². The van der Waals surface area contributed by atoms with E-state index in [1.54, 1.807) is 11.0 Å². The lowest BCUT2D eigenvalue weighted by Gasteiger charge is -2.43. The summed E-state index contributed by atoms with van der Waals surface area (Å²) < 4.78 is 25.0. The number of hydrogen-bond acceptors (Lipinski definition) is 4. The third kappa shape index (κ3) is 3.56.